The predicted molar refractivity (Wildman–Crippen MR) is 289 cm³/mol. The van der Waals surface area contributed by atoms with Crippen molar-refractivity contribution in [1.82, 2.24) is 29.9 Å². The Morgan fingerprint density at radius 3 is 2.09 bits per heavy atom. The number of aldehydes is 1. The normalized spacial score (nSPS) is 15.0. The molecule has 2 atom stereocenters. The average Bonchev–Trinajstić information content (AvgIpc) is 4.08. The topological polar surface area (TPSA) is 178 Å². The fourth-order valence-corrected chi connectivity index (χ4v) is 10.9. The van der Waals surface area contributed by atoms with Gasteiger partial charge in [-0.1, -0.05) is 30.5 Å². The maximum Gasteiger partial charge on any atom is 0.477 e. The highest BCUT2D eigenvalue weighted by Crippen LogP contribution is 2.56. The second-order valence-corrected chi connectivity index (χ2v) is 24.9. The number of amides is 2. The Labute approximate surface area is 479 Å². The van der Waals surface area contributed by atoms with Crippen molar-refractivity contribution in [3.05, 3.63) is 93.0 Å². The zero-order chi connectivity index (χ0) is 61.7. The number of methoxy groups -OCH3 is 1. The van der Waals surface area contributed by atoms with E-state index in [1.165, 1.54) is 49.4 Å². The van der Waals surface area contributed by atoms with E-state index in [-0.39, 0.29) is 61.8 Å². The Bertz CT molecular complexity index is 3220. The fraction of sp³-hybridized carbons (Fsp3) is 0.500. The van der Waals surface area contributed by atoms with E-state index in [2.05, 4.69) is 32.3 Å². The van der Waals surface area contributed by atoms with Gasteiger partial charge in [-0.25, -0.2) is 23.1 Å². The lowest BCUT2D eigenvalue weighted by atomic mass is 9.93. The standard InChI is InChI=1S/C42H36ClF10N7O4S2.C10H23O5P/c1-21-18-40(46,47)36-31(21)35(42(51,52)53)56-58(36)19-30(62)55-29(16-22-14-23(44)17-24(45)15-22)33-26(7-6-25(54-33)10-11-39(2,3)65-4)27-8-9-28(43)32-34(27)59(20-41(48,49)50)57-37(32)60(66-5)38(63)64-13-12-61;1-9(2,3)14-16(11,13-8-12-7)15-10(4,5)6/h6-9,12,14-15,17,21,29H,13,16,18-20H2,1-5H3,(H,55,62);8H2,1-7H3/t21-,29?;/m0./s1. The third kappa shape index (κ3) is 17.8. The van der Waals surface area contributed by atoms with Crippen LogP contribution in [-0.4, -0.2) is 98.0 Å². The molecule has 1 N–H and O–H groups in total. The maximum atomic E-state index is 15.3. The van der Waals surface area contributed by atoms with Gasteiger partial charge in [0.1, 0.15) is 42.7 Å². The van der Waals surface area contributed by atoms with E-state index in [0.29, 0.717) is 22.7 Å². The van der Waals surface area contributed by atoms with Gasteiger partial charge in [0.25, 0.3) is 5.92 Å². The number of carbonyl (C=O) groups is 3. The summed E-state index contributed by atoms with van der Waals surface area (Å²) in [5.41, 5.74) is -5.66. The number of hydrogen-bond donors (Lipinski definition) is 1. The number of ether oxygens (including phenoxy) is 2. The first kappa shape index (κ1) is 67.4. The van der Waals surface area contributed by atoms with E-state index in [1.807, 2.05) is 0 Å². The minimum absolute atomic E-state index is 0.00932. The van der Waals surface area contributed by atoms with Crippen molar-refractivity contribution < 1.29 is 85.9 Å². The number of phosphoric ester groups is 1. The van der Waals surface area contributed by atoms with E-state index in [0.717, 1.165) is 23.4 Å². The SMILES string of the molecule is COCOP(=O)(OC(C)(C)C)OC(C)(C)C.CSN(C(=O)OCC=O)c1nn(CC(F)(F)F)c2c(-c3ccc(C#CC(C)(C)SC)nc3C(Cc3cc(F)cc(F)c3)NC(=O)Cn3nc(C(F)(F)F)c4c3C(F)(F)C[C@@H]4C)ccc(Cl)c12. The van der Waals surface area contributed by atoms with Crippen molar-refractivity contribution in [3.63, 3.8) is 0 Å². The van der Waals surface area contributed by atoms with Crippen LogP contribution >= 0.6 is 43.1 Å². The van der Waals surface area contributed by atoms with Crippen LogP contribution in [0.3, 0.4) is 0 Å². The van der Waals surface area contributed by atoms with E-state index in [9.17, 15) is 54.1 Å². The minimum Gasteiger partial charge on any atom is -0.441 e. The molecule has 1 unspecified atom stereocenters. The minimum atomic E-state index is -5.18. The lowest BCUT2D eigenvalue weighted by Crippen LogP contribution is -2.35. The summed E-state index contributed by atoms with van der Waals surface area (Å²) in [6.45, 7) is 11.6. The molecule has 3 aromatic heterocycles. The van der Waals surface area contributed by atoms with Crippen molar-refractivity contribution in [2.45, 2.75) is 134 Å². The number of hydrogen-bond acceptors (Lipinski definition) is 14. The summed E-state index contributed by atoms with van der Waals surface area (Å²) >= 11 is 8.67. The number of alkyl halides is 8. The van der Waals surface area contributed by atoms with Gasteiger partial charge in [0.05, 0.1) is 43.6 Å². The molecule has 16 nitrogen and oxygen atoms in total. The number of carbonyl (C=O) groups excluding carboxylic acids is 3. The van der Waals surface area contributed by atoms with Crippen LogP contribution in [0.4, 0.5) is 54.5 Å². The molecule has 30 heteroatoms. The van der Waals surface area contributed by atoms with Crippen LogP contribution in [0.1, 0.15) is 115 Å². The van der Waals surface area contributed by atoms with Crippen LogP contribution in [0.15, 0.2) is 42.5 Å². The van der Waals surface area contributed by atoms with Crippen molar-refractivity contribution in [3.8, 4) is 23.0 Å². The first-order chi connectivity index (χ1) is 37.7. The second-order valence-electron chi connectivity index (χ2n) is 20.8. The van der Waals surface area contributed by atoms with Crippen molar-refractivity contribution in [1.29, 1.82) is 0 Å². The maximum absolute atomic E-state index is 15.3. The van der Waals surface area contributed by atoms with Gasteiger partial charge < -0.3 is 14.8 Å². The lowest BCUT2D eigenvalue weighted by Gasteiger charge is -2.30. The van der Waals surface area contributed by atoms with Gasteiger partial charge >= 0.3 is 26.3 Å². The summed E-state index contributed by atoms with van der Waals surface area (Å²) in [6, 6.07) is 6.03. The Kier molecular flexibility index (Phi) is 21.6. The number of aromatic nitrogens is 5. The number of thioether (sulfide) groups is 1. The van der Waals surface area contributed by atoms with E-state index < -0.39 is 133 Å². The molecule has 0 fully saturated rings. The molecular weight excluding hydrogens is 1190 g/mol. The molecule has 0 saturated carbocycles. The van der Waals surface area contributed by atoms with Crippen molar-refractivity contribution in [2.24, 2.45) is 0 Å². The molecule has 1 aliphatic rings. The molecule has 3 heterocycles. The molecule has 2 amide bonds. The molecule has 450 valence electrons. The monoisotopic (exact) mass is 1250 g/mol. The van der Waals surface area contributed by atoms with Crippen molar-refractivity contribution >= 4 is 78.1 Å². The quantitative estimate of drug-likeness (QED) is 0.0219. The Morgan fingerprint density at radius 1 is 0.939 bits per heavy atom. The van der Waals surface area contributed by atoms with Gasteiger partial charge in [0, 0.05) is 42.5 Å². The van der Waals surface area contributed by atoms with E-state index in [1.54, 1.807) is 61.6 Å². The van der Waals surface area contributed by atoms with Gasteiger partial charge in [0.15, 0.2) is 24.6 Å². The highest BCUT2D eigenvalue weighted by atomic mass is 35.5. The third-order valence-corrected chi connectivity index (χ3v) is 15.4. The number of halogens is 11. The predicted octanol–water partition coefficient (Wildman–Crippen LogP) is 13.8. The molecule has 2 aromatic carbocycles. The summed E-state index contributed by atoms with van der Waals surface area (Å²) in [6.07, 6.45) is -9.47. The van der Waals surface area contributed by atoms with Crippen LogP contribution in [-0.2, 0) is 68.8 Å². The van der Waals surface area contributed by atoms with Crippen LogP contribution < -0.4 is 9.62 Å². The van der Waals surface area contributed by atoms with Gasteiger partial charge in [-0.2, -0.15) is 49.6 Å². The largest absolute Gasteiger partial charge is 0.477 e. The van der Waals surface area contributed by atoms with Gasteiger partial charge in [-0.05, 0) is 128 Å². The number of nitrogens with zero attached hydrogens (tertiary/aromatic N) is 6. The van der Waals surface area contributed by atoms with Crippen molar-refractivity contribution in [2.75, 3.05) is 37.3 Å². The number of fused-ring (bicyclic) bond motifs is 2. The summed E-state index contributed by atoms with van der Waals surface area (Å²) in [5.74, 6) is -3.00. The average molecular weight is 1250 g/mol. The first-order valence-electron chi connectivity index (χ1n) is 24.5. The molecule has 6 rings (SSSR count). The van der Waals surface area contributed by atoms with Crippen LogP contribution in [0.5, 0.6) is 0 Å². The van der Waals surface area contributed by atoms with Crippen LogP contribution in [0.2, 0.25) is 5.02 Å². The summed E-state index contributed by atoms with van der Waals surface area (Å²) in [4.78, 5) is 42.9. The van der Waals surface area contributed by atoms with Gasteiger partial charge in [0.2, 0.25) is 5.91 Å². The molecule has 82 heavy (non-hydrogen) atoms. The molecule has 5 aromatic rings. The Hall–Kier alpha value is -5.40. The van der Waals surface area contributed by atoms with Crippen LogP contribution in [0.25, 0.3) is 22.0 Å². The molecular formula is C52H59ClF10N7O9PS2. The third-order valence-electron chi connectivity index (χ3n) is 11.3. The molecule has 1 aliphatic carbocycles. The number of nitrogens with one attached hydrogen (secondary N) is 1. The van der Waals surface area contributed by atoms with Gasteiger partial charge in [-0.3, -0.25) is 32.5 Å². The Morgan fingerprint density at radius 2 is 1.55 bits per heavy atom. The zero-order valence-electron chi connectivity index (χ0n) is 46.3. The lowest BCUT2D eigenvalue weighted by molar-refractivity contribution is -0.143. The van der Waals surface area contributed by atoms with Gasteiger partial charge in [-0.15, -0.1) is 11.8 Å². The fourth-order valence-electron chi connectivity index (χ4n) is 8.27. The molecule has 0 aliphatic heterocycles. The number of pyridine rings is 1. The number of benzene rings is 2. The smallest absolute Gasteiger partial charge is 0.441 e. The molecule has 0 bridgehead atoms. The second kappa shape index (κ2) is 26.3. The van der Waals surface area contributed by atoms with Crippen LogP contribution in [0, 0.1) is 23.5 Å². The molecule has 0 radical (unpaired) electrons. The number of rotatable bonds is 18. The molecule has 0 saturated heterocycles. The summed E-state index contributed by atoms with van der Waals surface area (Å²) in [7, 11) is -2.16. The summed E-state index contributed by atoms with van der Waals surface area (Å²) < 4.78 is 184. The highest BCUT2D eigenvalue weighted by molar-refractivity contribution is 8.00. The first-order valence-corrected chi connectivity index (χ1v) is 28.7. The molecule has 0 spiro atoms. The Balaban J connectivity index is 0.000000669. The van der Waals surface area contributed by atoms with E-state index in [4.69, 9.17) is 34.6 Å². The van der Waals surface area contributed by atoms with E-state index >= 15 is 8.78 Å². The number of anilines is 1. The zero-order valence-corrected chi connectivity index (χ0v) is 49.6. The number of phosphoric acid groups is 1. The highest BCUT2D eigenvalue weighted by Gasteiger charge is 2.53. The summed E-state index contributed by atoms with van der Waals surface area (Å²) in [5, 5.41) is 9.58.